The molecule has 0 fully saturated rings. The van der Waals surface area contributed by atoms with Crippen molar-refractivity contribution in [2.45, 2.75) is 39.5 Å². The van der Waals surface area contributed by atoms with E-state index in [2.05, 4.69) is 50.3 Å². The Morgan fingerprint density at radius 2 is 1.71 bits per heavy atom. The van der Waals surface area contributed by atoms with Gasteiger partial charge in [-0.3, -0.25) is 0 Å². The second kappa shape index (κ2) is 6.42. The van der Waals surface area contributed by atoms with Crippen molar-refractivity contribution < 1.29 is 0 Å². The number of rotatable bonds is 5. The molecule has 0 heterocycles. The monoisotopic (exact) mass is 188 g/mol. The molecular weight excluding hydrogens is 168 g/mol. The molecule has 0 atom stereocenters. The van der Waals surface area contributed by atoms with Gasteiger partial charge in [-0.15, -0.1) is 0 Å². The molecule has 0 saturated heterocycles. The minimum Gasteiger partial charge on any atom is -0.0840 e. The number of allylic oxidation sites excluding steroid dienone is 1. The van der Waals surface area contributed by atoms with Gasteiger partial charge in [-0.2, -0.15) is 0 Å². The lowest BCUT2D eigenvalue weighted by molar-refractivity contribution is 0.922. The van der Waals surface area contributed by atoms with Gasteiger partial charge < -0.3 is 0 Å². The maximum absolute atomic E-state index is 2.24. The average molecular weight is 188 g/mol. The van der Waals surface area contributed by atoms with E-state index in [4.69, 9.17) is 0 Å². The maximum Gasteiger partial charge on any atom is -0.0260 e. The summed E-state index contributed by atoms with van der Waals surface area (Å²) in [4.78, 5) is 0. The third-order valence-corrected chi connectivity index (χ3v) is 2.28. The number of benzene rings is 1. The highest BCUT2D eigenvalue weighted by molar-refractivity contribution is 5.49. The summed E-state index contributed by atoms with van der Waals surface area (Å²) in [6, 6.07) is 8.87. The normalized spacial score (nSPS) is 11.0. The smallest absolute Gasteiger partial charge is 0.0260 e. The molecule has 0 aliphatic heterocycles. The Hall–Kier alpha value is -1.04. The van der Waals surface area contributed by atoms with E-state index in [9.17, 15) is 0 Å². The summed E-state index contributed by atoms with van der Waals surface area (Å²) in [5, 5.41) is 0. The molecule has 1 rings (SSSR count). The van der Waals surface area contributed by atoms with Crippen LogP contribution in [0.3, 0.4) is 0 Å². The van der Waals surface area contributed by atoms with E-state index in [1.807, 2.05) is 0 Å². The Morgan fingerprint density at radius 1 is 1.00 bits per heavy atom. The van der Waals surface area contributed by atoms with Gasteiger partial charge in [0.25, 0.3) is 0 Å². The fourth-order valence-electron chi connectivity index (χ4n) is 1.47. The molecule has 0 aliphatic rings. The van der Waals surface area contributed by atoms with Crippen LogP contribution >= 0.6 is 0 Å². The fraction of sp³-hybridized carbons (Fsp3) is 0.429. The van der Waals surface area contributed by atoms with E-state index in [1.54, 1.807) is 0 Å². The molecule has 1 aromatic rings. The van der Waals surface area contributed by atoms with E-state index < -0.39 is 0 Å². The second-order valence-corrected chi connectivity index (χ2v) is 3.68. The van der Waals surface area contributed by atoms with Crippen LogP contribution in [0.2, 0.25) is 0 Å². The second-order valence-electron chi connectivity index (χ2n) is 3.68. The third kappa shape index (κ3) is 3.78. The molecule has 76 valence electrons. The largest absolute Gasteiger partial charge is 0.0840 e. The molecule has 14 heavy (non-hydrogen) atoms. The Labute approximate surface area is 87.7 Å². The molecule has 0 N–H and O–H groups in total. The van der Waals surface area contributed by atoms with E-state index >= 15 is 0 Å². The minimum atomic E-state index is 1.18. The summed E-state index contributed by atoms with van der Waals surface area (Å²) in [5.41, 5.74) is 2.76. The van der Waals surface area contributed by atoms with Crippen LogP contribution in [0.5, 0.6) is 0 Å². The molecule has 0 unspecified atom stereocenters. The molecule has 0 saturated carbocycles. The van der Waals surface area contributed by atoms with Crippen molar-refractivity contribution in [2.75, 3.05) is 0 Å². The zero-order chi connectivity index (χ0) is 10.2. The molecule has 0 aromatic heterocycles. The first-order chi connectivity index (χ1) is 6.86. The number of unbranched alkanes of at least 4 members (excludes halogenated alkanes) is 1. The van der Waals surface area contributed by atoms with Crippen LogP contribution < -0.4 is 0 Å². The molecule has 0 heteroatoms. The average Bonchev–Trinajstić information content (AvgIpc) is 2.21. The Bertz CT molecular complexity index is 267. The zero-order valence-corrected chi connectivity index (χ0v) is 9.29. The first-order valence-corrected chi connectivity index (χ1v) is 5.62. The van der Waals surface area contributed by atoms with E-state index in [1.165, 1.54) is 36.8 Å². The standard InChI is InChI=1S/C14H20/c1-3-5-6-8-14-11-9-13(7-4-2)10-12-14/h6,8-12H,3-5,7H2,1-2H3. The van der Waals surface area contributed by atoms with Crippen molar-refractivity contribution in [3.63, 3.8) is 0 Å². The van der Waals surface area contributed by atoms with E-state index in [0.29, 0.717) is 0 Å². The van der Waals surface area contributed by atoms with Crippen molar-refractivity contribution in [1.82, 2.24) is 0 Å². The van der Waals surface area contributed by atoms with Crippen molar-refractivity contribution in [1.29, 1.82) is 0 Å². The van der Waals surface area contributed by atoms with Gasteiger partial charge in [0, 0.05) is 0 Å². The summed E-state index contributed by atoms with van der Waals surface area (Å²) in [6.45, 7) is 4.42. The molecule has 0 radical (unpaired) electrons. The van der Waals surface area contributed by atoms with Crippen LogP contribution in [0.25, 0.3) is 6.08 Å². The van der Waals surface area contributed by atoms with Gasteiger partial charge in [0.15, 0.2) is 0 Å². The summed E-state index contributed by atoms with van der Waals surface area (Å²) < 4.78 is 0. The number of aryl methyl sites for hydroxylation is 1. The summed E-state index contributed by atoms with van der Waals surface area (Å²) in [6.07, 6.45) is 9.28. The Morgan fingerprint density at radius 3 is 2.29 bits per heavy atom. The minimum absolute atomic E-state index is 1.18. The van der Waals surface area contributed by atoms with E-state index in [0.717, 1.165) is 0 Å². The van der Waals surface area contributed by atoms with Crippen LogP contribution in [-0.2, 0) is 6.42 Å². The highest BCUT2D eigenvalue weighted by Gasteiger charge is 1.90. The van der Waals surface area contributed by atoms with Gasteiger partial charge in [-0.05, 0) is 24.0 Å². The SMILES string of the molecule is CCCC=Cc1ccc(CCC)cc1. The van der Waals surface area contributed by atoms with Gasteiger partial charge in [0.05, 0.1) is 0 Å². The van der Waals surface area contributed by atoms with Crippen LogP contribution in [0.1, 0.15) is 44.2 Å². The predicted octanol–water partition coefficient (Wildman–Crippen LogP) is 4.45. The number of hydrogen-bond donors (Lipinski definition) is 0. The van der Waals surface area contributed by atoms with Gasteiger partial charge in [-0.25, -0.2) is 0 Å². The first kappa shape index (κ1) is 11.0. The lowest BCUT2D eigenvalue weighted by Gasteiger charge is -1.98. The lowest BCUT2D eigenvalue weighted by Crippen LogP contribution is -1.82. The topological polar surface area (TPSA) is 0 Å². The van der Waals surface area contributed by atoms with Gasteiger partial charge in [0.2, 0.25) is 0 Å². The Balaban J connectivity index is 2.54. The summed E-state index contributed by atoms with van der Waals surface area (Å²) in [5.74, 6) is 0. The van der Waals surface area contributed by atoms with Crippen molar-refractivity contribution in [2.24, 2.45) is 0 Å². The summed E-state index contributed by atoms with van der Waals surface area (Å²) >= 11 is 0. The lowest BCUT2D eigenvalue weighted by atomic mass is 10.1. The molecule has 0 aliphatic carbocycles. The maximum atomic E-state index is 2.24. The molecular formula is C14H20. The highest BCUT2D eigenvalue weighted by Crippen LogP contribution is 2.08. The molecule has 0 amide bonds. The molecule has 1 aromatic carbocycles. The van der Waals surface area contributed by atoms with Crippen LogP contribution in [-0.4, -0.2) is 0 Å². The van der Waals surface area contributed by atoms with Crippen molar-refractivity contribution in [3.8, 4) is 0 Å². The van der Waals surface area contributed by atoms with Crippen molar-refractivity contribution in [3.05, 3.63) is 41.5 Å². The third-order valence-electron chi connectivity index (χ3n) is 2.28. The molecule has 0 bridgehead atoms. The van der Waals surface area contributed by atoms with Gasteiger partial charge in [-0.1, -0.05) is 63.1 Å². The highest BCUT2D eigenvalue weighted by atomic mass is 14.0. The van der Waals surface area contributed by atoms with E-state index in [-0.39, 0.29) is 0 Å². The van der Waals surface area contributed by atoms with Crippen molar-refractivity contribution >= 4 is 6.08 Å². The molecule has 0 nitrogen and oxygen atoms in total. The quantitative estimate of drug-likeness (QED) is 0.640. The van der Waals surface area contributed by atoms with Gasteiger partial charge >= 0.3 is 0 Å². The van der Waals surface area contributed by atoms with Crippen LogP contribution in [0.15, 0.2) is 30.3 Å². The predicted molar refractivity (Wildman–Crippen MR) is 64.4 cm³/mol. The van der Waals surface area contributed by atoms with Crippen LogP contribution in [0, 0.1) is 0 Å². The summed E-state index contributed by atoms with van der Waals surface area (Å²) in [7, 11) is 0. The number of hydrogen-bond acceptors (Lipinski definition) is 0. The molecule has 0 spiro atoms. The first-order valence-electron chi connectivity index (χ1n) is 5.62. The van der Waals surface area contributed by atoms with Crippen LogP contribution in [0.4, 0.5) is 0 Å². The van der Waals surface area contributed by atoms with Gasteiger partial charge in [0.1, 0.15) is 0 Å². The fourth-order valence-corrected chi connectivity index (χ4v) is 1.47. The zero-order valence-electron chi connectivity index (χ0n) is 9.29. The Kier molecular flexibility index (Phi) is 5.06.